The minimum Gasteiger partial charge on any atom is -0.410 e. The van der Waals surface area contributed by atoms with Gasteiger partial charge in [-0.2, -0.15) is 5.26 Å². The second-order valence-corrected chi connectivity index (χ2v) is 8.40. The molecular weight excluding hydrogens is 390 g/mol. The molecule has 4 rings (SSSR count). The molecule has 9 heteroatoms. The van der Waals surface area contributed by atoms with E-state index >= 15 is 0 Å². The van der Waals surface area contributed by atoms with Gasteiger partial charge in [-0.15, -0.1) is 0 Å². The number of benzene rings is 1. The number of para-hydroxylation sites is 1. The second kappa shape index (κ2) is 7.29. The molecular formula is C20H19N5O3S. The number of likely N-dealkylation sites (tertiary alicyclic amines) is 1. The van der Waals surface area contributed by atoms with Gasteiger partial charge < -0.3 is 9.72 Å². The number of amides is 1. The first-order valence-electron chi connectivity index (χ1n) is 9.25. The molecule has 0 saturated carbocycles. The lowest BCUT2D eigenvalue weighted by atomic mass is 9.95. The minimum absolute atomic E-state index is 0.228. The molecule has 1 N–H and O–H groups in total. The van der Waals surface area contributed by atoms with Gasteiger partial charge in [0.1, 0.15) is 22.0 Å². The van der Waals surface area contributed by atoms with Crippen LogP contribution in [0, 0.1) is 11.3 Å². The fourth-order valence-corrected chi connectivity index (χ4v) is 4.32. The molecule has 2 aromatic heterocycles. The zero-order valence-corrected chi connectivity index (χ0v) is 16.8. The Bertz CT molecular complexity index is 1160. The first-order chi connectivity index (χ1) is 13.9. The summed E-state index contributed by atoms with van der Waals surface area (Å²) in [4.78, 5) is 38.8. The van der Waals surface area contributed by atoms with E-state index in [0.717, 1.165) is 12.8 Å². The third kappa shape index (κ3) is 3.59. The summed E-state index contributed by atoms with van der Waals surface area (Å²) in [6.45, 7) is 3.94. The highest BCUT2D eigenvalue weighted by Crippen LogP contribution is 2.36. The zero-order chi connectivity index (χ0) is 20.6. The van der Waals surface area contributed by atoms with E-state index in [2.05, 4.69) is 21.0 Å². The number of thiazole rings is 1. The first kappa shape index (κ1) is 19.1. The normalized spacial score (nSPS) is 16.7. The summed E-state index contributed by atoms with van der Waals surface area (Å²) in [5.41, 5.74) is -1.07. The summed E-state index contributed by atoms with van der Waals surface area (Å²) in [5, 5.41) is 9.97. The van der Waals surface area contributed by atoms with Crippen molar-refractivity contribution in [3.63, 3.8) is 0 Å². The number of aromatic amines is 1. The standard InChI is InChI=1S/C20H19N5O3S/c1-20(2,11-21)18-23-15(26)14-17(24-18)29-16(22-14)13-9-6-10-25(13)19(27)28-12-7-4-3-5-8-12/h3-5,7-8,13H,6,9-10H2,1-2H3,(H,23,24,26)/t13-/m1/s1. The van der Waals surface area contributed by atoms with Gasteiger partial charge in [-0.25, -0.2) is 14.8 Å². The maximum absolute atomic E-state index is 12.7. The molecule has 0 aliphatic carbocycles. The fraction of sp³-hybridized carbons (Fsp3) is 0.350. The minimum atomic E-state index is -0.920. The number of fused-ring (bicyclic) bond motifs is 1. The van der Waals surface area contributed by atoms with Crippen LogP contribution in [-0.2, 0) is 5.41 Å². The quantitative estimate of drug-likeness (QED) is 0.708. The van der Waals surface area contributed by atoms with Gasteiger partial charge in [0.25, 0.3) is 5.56 Å². The lowest BCUT2D eigenvalue weighted by Gasteiger charge is -2.22. The number of H-pyrrole nitrogens is 1. The van der Waals surface area contributed by atoms with E-state index in [1.54, 1.807) is 43.0 Å². The summed E-state index contributed by atoms with van der Waals surface area (Å²) in [6.07, 6.45) is 1.12. The Labute approximate surface area is 170 Å². The summed E-state index contributed by atoms with van der Waals surface area (Å²) >= 11 is 1.28. The highest BCUT2D eigenvalue weighted by Gasteiger charge is 2.34. The number of carbonyl (C=O) groups is 1. The molecule has 3 heterocycles. The number of nitrogens with zero attached hydrogens (tertiary/aromatic N) is 4. The number of aromatic nitrogens is 3. The van der Waals surface area contributed by atoms with Crippen LogP contribution >= 0.6 is 11.3 Å². The monoisotopic (exact) mass is 409 g/mol. The average molecular weight is 409 g/mol. The highest BCUT2D eigenvalue weighted by atomic mass is 32.1. The number of rotatable bonds is 3. The Hall–Kier alpha value is -3.25. The van der Waals surface area contributed by atoms with Gasteiger partial charge in [-0.05, 0) is 38.8 Å². The molecule has 0 unspecified atom stereocenters. The van der Waals surface area contributed by atoms with Gasteiger partial charge in [-0.1, -0.05) is 29.5 Å². The Balaban J connectivity index is 1.65. The maximum atomic E-state index is 12.7. The highest BCUT2D eigenvalue weighted by molar-refractivity contribution is 7.18. The van der Waals surface area contributed by atoms with Crippen molar-refractivity contribution in [2.75, 3.05) is 6.54 Å². The molecule has 1 fully saturated rings. The molecule has 29 heavy (non-hydrogen) atoms. The molecule has 1 atom stereocenters. The van der Waals surface area contributed by atoms with Gasteiger partial charge in [0.05, 0.1) is 12.1 Å². The number of nitrogens with one attached hydrogen (secondary N) is 1. The van der Waals surface area contributed by atoms with Crippen LogP contribution in [0.3, 0.4) is 0 Å². The van der Waals surface area contributed by atoms with E-state index in [4.69, 9.17) is 4.74 Å². The van der Waals surface area contributed by atoms with E-state index in [1.165, 1.54) is 11.3 Å². The van der Waals surface area contributed by atoms with Gasteiger partial charge in [0.2, 0.25) is 0 Å². The summed E-state index contributed by atoms with van der Waals surface area (Å²) in [5.74, 6) is 0.786. The summed E-state index contributed by atoms with van der Waals surface area (Å²) in [7, 11) is 0. The van der Waals surface area contributed by atoms with Crippen molar-refractivity contribution in [1.29, 1.82) is 5.26 Å². The van der Waals surface area contributed by atoms with Crippen LogP contribution in [0.4, 0.5) is 4.79 Å². The summed E-state index contributed by atoms with van der Waals surface area (Å²) < 4.78 is 5.47. The molecule has 1 aromatic carbocycles. The van der Waals surface area contributed by atoms with E-state index in [1.807, 2.05) is 6.07 Å². The first-order valence-corrected chi connectivity index (χ1v) is 10.1. The second-order valence-electron chi connectivity index (χ2n) is 7.39. The van der Waals surface area contributed by atoms with Crippen LogP contribution in [0.1, 0.15) is 43.6 Å². The van der Waals surface area contributed by atoms with Crippen molar-refractivity contribution >= 4 is 27.8 Å². The predicted octanol–water partition coefficient (Wildman–Crippen LogP) is 3.52. The van der Waals surface area contributed by atoms with Gasteiger partial charge in [0, 0.05) is 6.54 Å². The molecule has 3 aromatic rings. The number of nitriles is 1. The van der Waals surface area contributed by atoms with Gasteiger partial charge in [-0.3, -0.25) is 9.69 Å². The maximum Gasteiger partial charge on any atom is 0.415 e. The Kier molecular flexibility index (Phi) is 4.80. The third-order valence-electron chi connectivity index (χ3n) is 4.88. The van der Waals surface area contributed by atoms with Crippen molar-refractivity contribution < 1.29 is 9.53 Å². The molecule has 148 valence electrons. The molecule has 1 aliphatic rings. The van der Waals surface area contributed by atoms with Crippen LogP contribution in [0.15, 0.2) is 35.1 Å². The van der Waals surface area contributed by atoms with Crippen LogP contribution in [0.5, 0.6) is 5.75 Å². The van der Waals surface area contributed by atoms with E-state index in [0.29, 0.717) is 28.0 Å². The van der Waals surface area contributed by atoms with Crippen molar-refractivity contribution in [2.45, 2.75) is 38.1 Å². The third-order valence-corrected chi connectivity index (χ3v) is 5.93. The summed E-state index contributed by atoms with van der Waals surface area (Å²) in [6, 6.07) is 10.8. The van der Waals surface area contributed by atoms with Crippen molar-refractivity contribution in [1.82, 2.24) is 19.9 Å². The van der Waals surface area contributed by atoms with E-state index < -0.39 is 11.5 Å². The lowest BCUT2D eigenvalue weighted by Crippen LogP contribution is -2.33. The van der Waals surface area contributed by atoms with Gasteiger partial charge >= 0.3 is 6.09 Å². The zero-order valence-electron chi connectivity index (χ0n) is 16.0. The average Bonchev–Trinajstić information content (AvgIpc) is 3.35. The van der Waals surface area contributed by atoms with Crippen LogP contribution in [-0.4, -0.2) is 32.5 Å². The number of carbonyl (C=O) groups excluding carboxylic acids is 1. The number of hydrogen-bond donors (Lipinski definition) is 1. The molecule has 1 amide bonds. The molecule has 0 radical (unpaired) electrons. The largest absolute Gasteiger partial charge is 0.415 e. The predicted molar refractivity (Wildman–Crippen MR) is 108 cm³/mol. The lowest BCUT2D eigenvalue weighted by molar-refractivity contribution is 0.147. The fourth-order valence-electron chi connectivity index (χ4n) is 3.23. The number of ether oxygens (including phenoxy) is 1. The Morgan fingerprint density at radius 1 is 1.34 bits per heavy atom. The van der Waals surface area contributed by atoms with Crippen molar-refractivity contribution in [3.05, 3.63) is 51.5 Å². The van der Waals surface area contributed by atoms with Crippen LogP contribution in [0.25, 0.3) is 10.3 Å². The van der Waals surface area contributed by atoms with Crippen LogP contribution < -0.4 is 10.3 Å². The SMILES string of the molecule is CC(C)(C#N)c1nc2sc([C@H]3CCCN3C(=O)Oc3ccccc3)nc2c(=O)[nH]1. The van der Waals surface area contributed by atoms with Crippen LogP contribution in [0.2, 0.25) is 0 Å². The molecule has 0 spiro atoms. The molecule has 1 saturated heterocycles. The van der Waals surface area contributed by atoms with Crippen molar-refractivity contribution in [3.8, 4) is 11.8 Å². The van der Waals surface area contributed by atoms with E-state index in [9.17, 15) is 14.9 Å². The molecule has 0 bridgehead atoms. The smallest absolute Gasteiger partial charge is 0.410 e. The van der Waals surface area contributed by atoms with Gasteiger partial charge in [0.15, 0.2) is 10.3 Å². The van der Waals surface area contributed by atoms with E-state index in [-0.39, 0.29) is 17.1 Å². The molecule has 8 nitrogen and oxygen atoms in total. The number of hydrogen-bond acceptors (Lipinski definition) is 7. The van der Waals surface area contributed by atoms with Crippen molar-refractivity contribution in [2.24, 2.45) is 0 Å². The Morgan fingerprint density at radius 3 is 2.83 bits per heavy atom. The topological polar surface area (TPSA) is 112 Å². The Morgan fingerprint density at radius 2 is 2.10 bits per heavy atom. The molecule has 1 aliphatic heterocycles.